The average Bonchev–Trinajstić information content (AvgIpc) is 3.39. The van der Waals surface area contributed by atoms with Gasteiger partial charge in [0.25, 0.3) is 10.0 Å². The maximum Gasteiger partial charge on any atom is 0.265 e. The van der Waals surface area contributed by atoms with E-state index in [1.54, 1.807) is 25.1 Å². The molecule has 3 aromatic rings. The number of amides is 1. The van der Waals surface area contributed by atoms with Crippen molar-refractivity contribution in [3.63, 3.8) is 0 Å². The molecule has 6 nitrogen and oxygen atoms in total. The molecule has 5 rings (SSSR count). The first-order chi connectivity index (χ1) is 15.0. The minimum absolute atomic E-state index is 0.262. The number of hydrogen-bond acceptors (Lipinski definition) is 4. The Balaban J connectivity index is 1.32. The van der Waals surface area contributed by atoms with Gasteiger partial charge < -0.3 is 10.2 Å². The maximum absolute atomic E-state index is 13.2. The number of hydrogen-bond donors (Lipinski definition) is 1. The van der Waals surface area contributed by atoms with Crippen molar-refractivity contribution in [3.8, 4) is 0 Å². The number of carbonyl (C=O) groups is 1. The summed E-state index contributed by atoms with van der Waals surface area (Å²) in [5.41, 5.74) is 2.75. The molecule has 3 aromatic carbocycles. The van der Waals surface area contributed by atoms with Crippen LogP contribution < -0.4 is 14.5 Å². The van der Waals surface area contributed by atoms with E-state index in [0.717, 1.165) is 24.0 Å². The molecule has 0 aliphatic carbocycles. The normalized spacial score (nSPS) is 17.8. The van der Waals surface area contributed by atoms with Crippen LogP contribution >= 0.6 is 0 Å². The molecule has 1 atom stereocenters. The zero-order valence-corrected chi connectivity index (χ0v) is 18.2. The topological polar surface area (TPSA) is 69.7 Å². The van der Waals surface area contributed by atoms with Crippen molar-refractivity contribution < 1.29 is 13.2 Å². The van der Waals surface area contributed by atoms with E-state index in [1.165, 1.54) is 22.8 Å². The largest absolute Gasteiger partial charge is 0.372 e. The van der Waals surface area contributed by atoms with Crippen LogP contribution in [0, 0.1) is 0 Å². The van der Waals surface area contributed by atoms with E-state index in [-0.39, 0.29) is 10.8 Å². The summed E-state index contributed by atoms with van der Waals surface area (Å²) in [7, 11) is -3.77. The van der Waals surface area contributed by atoms with Crippen LogP contribution in [0.3, 0.4) is 0 Å². The number of nitrogens with zero attached hydrogens (tertiary/aromatic N) is 2. The fourth-order valence-corrected chi connectivity index (χ4v) is 6.45. The second-order valence-corrected chi connectivity index (χ2v) is 9.97. The van der Waals surface area contributed by atoms with Gasteiger partial charge in [0.2, 0.25) is 5.91 Å². The van der Waals surface area contributed by atoms with E-state index in [1.807, 2.05) is 30.3 Å². The molecule has 1 amide bonds. The molecule has 0 saturated carbocycles. The highest BCUT2D eigenvalue weighted by molar-refractivity contribution is 7.93. The van der Waals surface area contributed by atoms with Crippen molar-refractivity contribution in [2.75, 3.05) is 22.3 Å². The standard InChI is InChI=1S/C24H25N3O3S/c1-17(24(28)25-16-18-10-12-20(13-11-18)26-14-2-3-15-26)27-21-8-4-6-19-7-5-9-22(23(19)21)31(27,29)30/h4-13,17H,2-3,14-16H2,1H3,(H,25,28)/t17-/m0/s1. The summed E-state index contributed by atoms with van der Waals surface area (Å²) < 4.78 is 27.6. The first-order valence-electron chi connectivity index (χ1n) is 10.6. The number of anilines is 2. The van der Waals surface area contributed by atoms with Gasteiger partial charge in [-0.05, 0) is 55.0 Å². The zero-order chi connectivity index (χ0) is 21.6. The molecule has 2 aliphatic heterocycles. The van der Waals surface area contributed by atoms with Crippen LogP contribution in [0.1, 0.15) is 25.3 Å². The van der Waals surface area contributed by atoms with Gasteiger partial charge in [-0.25, -0.2) is 8.42 Å². The molecule has 31 heavy (non-hydrogen) atoms. The Labute approximate surface area is 182 Å². The number of carbonyl (C=O) groups excluding carboxylic acids is 1. The third kappa shape index (κ3) is 3.33. The van der Waals surface area contributed by atoms with Gasteiger partial charge in [-0.1, -0.05) is 36.4 Å². The average molecular weight is 436 g/mol. The molecule has 0 unspecified atom stereocenters. The molecule has 1 saturated heterocycles. The summed E-state index contributed by atoms with van der Waals surface area (Å²) >= 11 is 0. The molecular weight excluding hydrogens is 410 g/mol. The van der Waals surface area contributed by atoms with Crippen molar-refractivity contribution in [2.24, 2.45) is 0 Å². The minimum atomic E-state index is -3.77. The van der Waals surface area contributed by atoms with E-state index in [4.69, 9.17) is 0 Å². The summed E-state index contributed by atoms with van der Waals surface area (Å²) in [6.45, 7) is 4.17. The molecular formula is C24H25N3O3S. The van der Waals surface area contributed by atoms with Crippen molar-refractivity contribution in [2.45, 2.75) is 37.2 Å². The first kappa shape index (κ1) is 19.9. The van der Waals surface area contributed by atoms with Gasteiger partial charge in [0.15, 0.2) is 0 Å². The van der Waals surface area contributed by atoms with E-state index in [2.05, 4.69) is 22.3 Å². The highest BCUT2D eigenvalue weighted by Gasteiger charge is 2.40. The Bertz CT molecular complexity index is 1240. The Hall–Kier alpha value is -3.06. The van der Waals surface area contributed by atoms with Gasteiger partial charge in [-0.3, -0.25) is 9.10 Å². The third-order valence-corrected chi connectivity index (χ3v) is 8.15. The zero-order valence-electron chi connectivity index (χ0n) is 17.4. The number of nitrogens with one attached hydrogen (secondary N) is 1. The molecule has 1 N–H and O–H groups in total. The smallest absolute Gasteiger partial charge is 0.265 e. The molecule has 2 heterocycles. The van der Waals surface area contributed by atoms with Crippen LogP contribution in [0.25, 0.3) is 10.8 Å². The molecule has 0 spiro atoms. The number of rotatable bonds is 5. The second-order valence-electron chi connectivity index (χ2n) is 8.19. The molecule has 2 aliphatic rings. The fourth-order valence-electron chi connectivity index (χ4n) is 4.58. The fraction of sp³-hybridized carbons (Fsp3) is 0.292. The summed E-state index contributed by atoms with van der Waals surface area (Å²) in [6.07, 6.45) is 2.46. The molecule has 7 heteroatoms. The summed E-state index contributed by atoms with van der Waals surface area (Å²) in [4.78, 5) is 15.5. The third-order valence-electron chi connectivity index (χ3n) is 6.22. The Morgan fingerprint density at radius 3 is 2.39 bits per heavy atom. The first-order valence-corrected chi connectivity index (χ1v) is 12.1. The highest BCUT2D eigenvalue weighted by Crippen LogP contribution is 2.43. The van der Waals surface area contributed by atoms with E-state index in [9.17, 15) is 13.2 Å². The molecule has 0 bridgehead atoms. The van der Waals surface area contributed by atoms with E-state index < -0.39 is 16.1 Å². The van der Waals surface area contributed by atoms with Crippen LogP contribution in [0.2, 0.25) is 0 Å². The van der Waals surface area contributed by atoms with E-state index >= 15 is 0 Å². The Kier molecular flexibility index (Phi) is 4.85. The highest BCUT2D eigenvalue weighted by atomic mass is 32.2. The summed E-state index contributed by atoms with van der Waals surface area (Å²) in [5.74, 6) is -0.322. The summed E-state index contributed by atoms with van der Waals surface area (Å²) in [6, 6.07) is 18.0. The van der Waals surface area contributed by atoms with Gasteiger partial charge in [-0.15, -0.1) is 0 Å². The lowest BCUT2D eigenvalue weighted by Gasteiger charge is -2.25. The van der Waals surface area contributed by atoms with Crippen LogP contribution in [0.15, 0.2) is 65.6 Å². The lowest BCUT2D eigenvalue weighted by Crippen LogP contribution is -2.46. The number of sulfonamides is 1. The maximum atomic E-state index is 13.2. The van der Waals surface area contributed by atoms with Gasteiger partial charge in [0.1, 0.15) is 6.04 Å². The van der Waals surface area contributed by atoms with Crippen LogP contribution in [0.4, 0.5) is 11.4 Å². The summed E-state index contributed by atoms with van der Waals surface area (Å²) in [5, 5.41) is 4.44. The van der Waals surface area contributed by atoms with E-state index in [0.29, 0.717) is 17.6 Å². The predicted molar refractivity (Wildman–Crippen MR) is 123 cm³/mol. The quantitative estimate of drug-likeness (QED) is 0.664. The van der Waals surface area contributed by atoms with Crippen LogP contribution in [-0.4, -0.2) is 33.5 Å². The SMILES string of the molecule is C[C@@H](C(=O)NCc1ccc(N2CCCC2)cc1)N1c2cccc3cccc(c23)S1(=O)=O. The van der Waals surface area contributed by atoms with Crippen molar-refractivity contribution >= 4 is 38.1 Å². The molecule has 160 valence electrons. The Morgan fingerprint density at radius 1 is 1.00 bits per heavy atom. The second kappa shape index (κ2) is 7.57. The van der Waals surface area contributed by atoms with Crippen molar-refractivity contribution in [1.29, 1.82) is 0 Å². The number of benzene rings is 3. The van der Waals surface area contributed by atoms with Gasteiger partial charge in [-0.2, -0.15) is 0 Å². The van der Waals surface area contributed by atoms with Gasteiger partial charge in [0, 0.05) is 30.7 Å². The van der Waals surface area contributed by atoms with Gasteiger partial charge in [0.05, 0.1) is 10.6 Å². The molecule has 0 radical (unpaired) electrons. The molecule has 1 fully saturated rings. The lowest BCUT2D eigenvalue weighted by atomic mass is 10.1. The van der Waals surface area contributed by atoms with Crippen molar-refractivity contribution in [3.05, 3.63) is 66.2 Å². The lowest BCUT2D eigenvalue weighted by molar-refractivity contribution is -0.122. The molecule has 0 aromatic heterocycles. The monoisotopic (exact) mass is 435 g/mol. The van der Waals surface area contributed by atoms with Crippen LogP contribution in [-0.2, 0) is 21.4 Å². The van der Waals surface area contributed by atoms with Crippen LogP contribution in [0.5, 0.6) is 0 Å². The minimum Gasteiger partial charge on any atom is -0.372 e. The predicted octanol–water partition coefficient (Wildman–Crippen LogP) is 3.65. The van der Waals surface area contributed by atoms with Gasteiger partial charge >= 0.3 is 0 Å². The van der Waals surface area contributed by atoms with Crippen molar-refractivity contribution in [1.82, 2.24) is 5.32 Å². The Morgan fingerprint density at radius 2 is 1.68 bits per heavy atom.